The van der Waals surface area contributed by atoms with Crippen molar-refractivity contribution in [3.63, 3.8) is 0 Å². The predicted octanol–water partition coefficient (Wildman–Crippen LogP) is 11.6. The number of nitrogens with two attached hydrogens (primary N) is 1. The number of benzene rings is 4. The summed E-state index contributed by atoms with van der Waals surface area (Å²) in [6.07, 6.45) is -8.97. The van der Waals surface area contributed by atoms with Crippen LogP contribution in [0.1, 0.15) is 94.3 Å². The number of carbonyl (C=O) groups excluding carboxylic acids is 1. The Kier molecular flexibility index (Phi) is 13.1. The van der Waals surface area contributed by atoms with E-state index in [0.29, 0.717) is 29.5 Å². The summed E-state index contributed by atoms with van der Waals surface area (Å²) >= 11 is 0. The molecule has 4 bridgehead atoms. The van der Waals surface area contributed by atoms with Crippen LogP contribution in [0.25, 0.3) is 21.8 Å². The molecule has 4 saturated heterocycles. The van der Waals surface area contributed by atoms with E-state index < -0.39 is 97.3 Å². The van der Waals surface area contributed by atoms with Gasteiger partial charge in [0.1, 0.15) is 11.1 Å². The number of alkyl halides is 12. The van der Waals surface area contributed by atoms with Crippen LogP contribution in [-0.2, 0) is 24.7 Å². The summed E-state index contributed by atoms with van der Waals surface area (Å²) in [7, 11) is 0. The molecule has 4 aromatic carbocycles. The van der Waals surface area contributed by atoms with Crippen LogP contribution < -0.4 is 31.7 Å². The molecule has 4 fully saturated rings. The van der Waals surface area contributed by atoms with E-state index in [1.54, 1.807) is 6.07 Å². The van der Waals surface area contributed by atoms with E-state index in [4.69, 9.17) is 10.8 Å². The molecule has 2 aromatic heterocycles. The highest BCUT2D eigenvalue weighted by Gasteiger charge is 2.43. The summed E-state index contributed by atoms with van der Waals surface area (Å²) in [5.74, 6) is -2.82. The van der Waals surface area contributed by atoms with Crippen LogP contribution in [0.4, 0.5) is 75.4 Å². The Morgan fingerprint density at radius 2 is 0.915 bits per heavy atom. The number of carbonyl (C=O) groups is 2. The number of nitrogens with zero attached hydrogens (tertiary/aromatic N) is 2. The number of anilines is 4. The van der Waals surface area contributed by atoms with Crippen molar-refractivity contribution in [3.05, 3.63) is 139 Å². The Hall–Kier alpha value is -7.20. The number of H-pyrrole nitrogens is 2. The van der Waals surface area contributed by atoms with E-state index in [1.165, 1.54) is 30.3 Å². The minimum atomic E-state index is -4.87. The summed E-state index contributed by atoms with van der Waals surface area (Å²) in [6.45, 7) is 0. The predicted molar refractivity (Wildman–Crippen MR) is 238 cm³/mol. The van der Waals surface area contributed by atoms with Gasteiger partial charge in [0.2, 0.25) is 10.9 Å². The van der Waals surface area contributed by atoms with E-state index in [9.17, 15) is 71.9 Å². The number of rotatable bonds is 5. The highest BCUT2D eigenvalue weighted by molar-refractivity contribution is 6.06. The molecular formula is C48H40F12N6O5. The Labute approximate surface area is 393 Å². The summed E-state index contributed by atoms with van der Waals surface area (Å²) in [5, 5.41) is 9.37. The normalized spacial score (nSPS) is 19.7. The van der Waals surface area contributed by atoms with Crippen molar-refractivity contribution in [3.8, 4) is 0 Å². The lowest BCUT2D eigenvalue weighted by molar-refractivity contribution is -0.137. The topological polar surface area (TPSA) is 165 Å². The quantitative estimate of drug-likeness (QED) is 0.0841. The van der Waals surface area contributed by atoms with Gasteiger partial charge < -0.3 is 35.9 Å². The molecular weight excluding hydrogens is 969 g/mol. The standard InChI is InChI=1S/C24H19F6N3O2.C13H15F3N2.C11H6F3NO3/c25-23(26,27)16-2-1-3-19-20(16)21(34)15(11-31-19)22(35)32-18-9-8-14(10-17(18)24(28,29)30)33-12-4-5-13(33)7-6-12;14-13(15,16)11-7-10(5-6-12(11)17)18-8-1-2-9(18)4-3-8;12-11(13,14)6-2-1-3-7-8(6)9(16)5(4-15-7)10(17)18/h1-3,8-13H,4-7H2,(H,31,34)(H,32,35);5-9H,1-4,17H2;1-4H,(H,15,16)(H,17,18). The van der Waals surface area contributed by atoms with Gasteiger partial charge in [-0.3, -0.25) is 14.4 Å². The van der Waals surface area contributed by atoms with E-state index >= 15 is 0 Å². The molecule has 4 aliphatic rings. The Balaban J connectivity index is 0.000000158. The monoisotopic (exact) mass is 1010 g/mol. The first-order valence-electron chi connectivity index (χ1n) is 22.0. The van der Waals surface area contributed by atoms with E-state index in [2.05, 4.69) is 20.2 Å². The van der Waals surface area contributed by atoms with Crippen molar-refractivity contribution in [2.75, 3.05) is 20.9 Å². The molecule has 6 heterocycles. The second-order valence-corrected chi connectivity index (χ2v) is 17.5. The van der Waals surface area contributed by atoms with Gasteiger partial charge in [0.05, 0.1) is 38.7 Å². The molecule has 1 amide bonds. The molecule has 23 heteroatoms. The van der Waals surface area contributed by atoms with Gasteiger partial charge in [0, 0.05) is 64.7 Å². The van der Waals surface area contributed by atoms with Gasteiger partial charge in [-0.1, -0.05) is 12.1 Å². The molecule has 6 N–H and O–H groups in total. The van der Waals surface area contributed by atoms with Gasteiger partial charge in [-0.05, 0) is 112 Å². The van der Waals surface area contributed by atoms with Crippen molar-refractivity contribution in [2.45, 2.75) is 100 Å². The number of nitrogen functional groups attached to an aromatic ring is 1. The minimum Gasteiger partial charge on any atom is -0.477 e. The Morgan fingerprint density at radius 3 is 1.32 bits per heavy atom. The fraction of sp³-hybridized carbons (Fsp3) is 0.333. The Bertz CT molecular complexity index is 3120. The van der Waals surface area contributed by atoms with Gasteiger partial charge in [-0.2, -0.15) is 52.7 Å². The van der Waals surface area contributed by atoms with Crippen molar-refractivity contribution in [2.24, 2.45) is 0 Å². The number of nitrogens with one attached hydrogen (secondary N) is 3. The van der Waals surface area contributed by atoms with E-state index in [0.717, 1.165) is 94.1 Å². The molecule has 6 aromatic rings. The number of aromatic amines is 2. The lowest BCUT2D eigenvalue weighted by atomic mass is 10.0. The molecule has 0 spiro atoms. The zero-order valence-corrected chi connectivity index (χ0v) is 36.6. The van der Waals surface area contributed by atoms with E-state index in [-0.39, 0.29) is 28.8 Å². The number of halogens is 12. The maximum atomic E-state index is 13.9. The number of aromatic nitrogens is 2. The summed E-state index contributed by atoms with van der Waals surface area (Å²) in [4.78, 5) is 57.0. The molecule has 0 saturated carbocycles. The number of amides is 1. The second kappa shape index (κ2) is 18.5. The fourth-order valence-corrected chi connectivity index (χ4v) is 10.2. The van der Waals surface area contributed by atoms with Crippen molar-refractivity contribution < 1.29 is 67.4 Å². The number of hydrogen-bond acceptors (Lipinski definition) is 7. The second-order valence-electron chi connectivity index (χ2n) is 17.5. The summed E-state index contributed by atoms with van der Waals surface area (Å²) in [5.41, 5.74) is -2.54. The van der Waals surface area contributed by atoms with Gasteiger partial charge in [0.25, 0.3) is 5.91 Å². The number of carboxylic acids is 1. The number of pyridine rings is 2. The molecule has 0 atom stereocenters. The van der Waals surface area contributed by atoms with Gasteiger partial charge in [-0.15, -0.1) is 0 Å². The van der Waals surface area contributed by atoms with Crippen LogP contribution in [0.15, 0.2) is 94.8 Å². The SMILES string of the molecule is Nc1ccc(N2C3CCC2CC3)cc1C(F)(F)F.O=C(Nc1ccc(N2C3CCC2CC3)cc1C(F)(F)F)c1c[nH]c2cccc(C(F)(F)F)c2c1=O.O=C(O)c1c[nH]c2cccc(C(F)(F)F)c2c1=O. The fourth-order valence-electron chi connectivity index (χ4n) is 10.2. The number of fused-ring (bicyclic) bond motifs is 6. The van der Waals surface area contributed by atoms with Gasteiger partial charge >= 0.3 is 30.7 Å². The van der Waals surface area contributed by atoms with Crippen LogP contribution >= 0.6 is 0 Å². The third-order valence-electron chi connectivity index (χ3n) is 13.3. The highest BCUT2D eigenvalue weighted by Crippen LogP contribution is 2.46. The first-order valence-corrected chi connectivity index (χ1v) is 22.0. The molecule has 71 heavy (non-hydrogen) atoms. The average Bonchev–Trinajstić information content (AvgIpc) is 4.11. The smallest absolute Gasteiger partial charge is 0.418 e. The van der Waals surface area contributed by atoms with Gasteiger partial charge in [0.15, 0.2) is 0 Å². The molecule has 10 rings (SSSR count). The Morgan fingerprint density at radius 1 is 0.535 bits per heavy atom. The number of aromatic carboxylic acids is 1. The third-order valence-corrected chi connectivity index (χ3v) is 13.3. The van der Waals surface area contributed by atoms with Gasteiger partial charge in [-0.25, -0.2) is 4.79 Å². The number of carboxylic acid groups (broad SMARTS) is 1. The van der Waals surface area contributed by atoms with Crippen molar-refractivity contribution >= 4 is 56.4 Å². The lowest BCUT2D eigenvalue weighted by Gasteiger charge is -2.26. The summed E-state index contributed by atoms with van der Waals surface area (Å²) < 4.78 is 159. The maximum absolute atomic E-state index is 13.9. The first-order chi connectivity index (χ1) is 33.2. The number of hydrogen-bond donors (Lipinski definition) is 5. The van der Waals surface area contributed by atoms with Crippen LogP contribution in [0.5, 0.6) is 0 Å². The van der Waals surface area contributed by atoms with Crippen molar-refractivity contribution in [1.82, 2.24) is 9.97 Å². The molecule has 0 unspecified atom stereocenters. The largest absolute Gasteiger partial charge is 0.477 e. The molecule has 0 radical (unpaired) electrons. The van der Waals surface area contributed by atoms with Crippen LogP contribution in [0, 0.1) is 0 Å². The summed E-state index contributed by atoms with van der Waals surface area (Å²) in [6, 6.07) is 15.2. The highest BCUT2D eigenvalue weighted by atomic mass is 19.4. The zero-order valence-electron chi connectivity index (χ0n) is 36.6. The van der Waals surface area contributed by atoms with E-state index in [1.807, 2.05) is 4.90 Å². The molecule has 376 valence electrons. The molecule has 11 nitrogen and oxygen atoms in total. The first kappa shape index (κ1) is 50.2. The maximum Gasteiger partial charge on any atom is 0.418 e. The zero-order chi connectivity index (χ0) is 51.5. The van der Waals surface area contributed by atoms with Crippen LogP contribution in [0.3, 0.4) is 0 Å². The van der Waals surface area contributed by atoms with Crippen LogP contribution in [-0.4, -0.2) is 51.1 Å². The van der Waals surface area contributed by atoms with Crippen molar-refractivity contribution in [1.29, 1.82) is 0 Å². The van der Waals surface area contributed by atoms with Crippen LogP contribution in [0.2, 0.25) is 0 Å². The molecule has 4 aliphatic heterocycles. The average molecular weight is 1010 g/mol. The lowest BCUT2D eigenvalue weighted by Crippen LogP contribution is -2.29. The minimum absolute atomic E-state index is 0.0557. The third kappa shape index (κ3) is 9.94. The molecule has 0 aliphatic carbocycles.